The molecule has 8 nitrogen and oxygen atoms in total. The van der Waals surface area contributed by atoms with Gasteiger partial charge < -0.3 is 23.8 Å². The van der Waals surface area contributed by atoms with E-state index in [2.05, 4.69) is 10.1 Å². The lowest BCUT2D eigenvalue weighted by Gasteiger charge is -2.37. The van der Waals surface area contributed by atoms with Crippen LogP contribution in [0.3, 0.4) is 0 Å². The Morgan fingerprint density at radius 1 is 1.25 bits per heavy atom. The number of hydrogen-bond acceptors (Lipinski definition) is 7. The summed E-state index contributed by atoms with van der Waals surface area (Å²) in [5, 5.41) is 4.34. The minimum Gasteiger partial charge on any atom is -0.495 e. The quantitative estimate of drug-likeness (QED) is 0.471. The van der Waals surface area contributed by atoms with Gasteiger partial charge in [0.2, 0.25) is 0 Å². The molecule has 1 unspecified atom stereocenters. The molecule has 2 aromatic carbocycles. The van der Waals surface area contributed by atoms with E-state index in [0.29, 0.717) is 23.7 Å². The first kappa shape index (κ1) is 23.6. The smallest absolute Gasteiger partial charge is 0.380 e. The molecule has 3 heterocycles. The van der Waals surface area contributed by atoms with Gasteiger partial charge in [-0.25, -0.2) is 14.2 Å². The number of amidine groups is 1. The van der Waals surface area contributed by atoms with Gasteiger partial charge in [0.15, 0.2) is 5.84 Å². The number of esters is 1. The lowest BCUT2D eigenvalue weighted by Crippen LogP contribution is -2.54. The predicted molar refractivity (Wildman–Crippen MR) is 132 cm³/mol. The molecule has 2 aliphatic rings. The van der Waals surface area contributed by atoms with Crippen molar-refractivity contribution >= 4 is 17.9 Å². The second-order valence-electron chi connectivity index (χ2n) is 8.66. The van der Waals surface area contributed by atoms with Crippen LogP contribution in [-0.2, 0) is 20.1 Å². The zero-order valence-electron chi connectivity index (χ0n) is 20.4. The van der Waals surface area contributed by atoms with Crippen molar-refractivity contribution in [3.05, 3.63) is 83.2 Å². The summed E-state index contributed by atoms with van der Waals surface area (Å²) in [5.41, 5.74) is 2.49. The van der Waals surface area contributed by atoms with Crippen molar-refractivity contribution in [1.29, 1.82) is 0 Å². The maximum absolute atomic E-state index is 13.7. The van der Waals surface area contributed by atoms with Crippen LogP contribution in [0.1, 0.15) is 36.6 Å². The third kappa shape index (κ3) is 4.00. The van der Waals surface area contributed by atoms with Crippen LogP contribution in [0.25, 0.3) is 11.8 Å². The number of methoxy groups -OCH3 is 1. The van der Waals surface area contributed by atoms with Gasteiger partial charge in [-0.2, -0.15) is 0 Å². The summed E-state index contributed by atoms with van der Waals surface area (Å²) in [5.74, 6) is 0.274. The first-order valence-corrected chi connectivity index (χ1v) is 11.8. The Labute approximate surface area is 208 Å². The zero-order chi connectivity index (χ0) is 25.3. The molecular weight excluding hydrogens is 463 g/mol. The van der Waals surface area contributed by atoms with Gasteiger partial charge in [-0.15, -0.1) is 0 Å². The van der Waals surface area contributed by atoms with E-state index in [1.807, 2.05) is 46.9 Å². The zero-order valence-corrected chi connectivity index (χ0v) is 20.4. The fourth-order valence-electron chi connectivity index (χ4n) is 4.66. The van der Waals surface area contributed by atoms with E-state index in [4.69, 9.17) is 14.3 Å². The average Bonchev–Trinajstić information content (AvgIpc) is 3.50. The maximum atomic E-state index is 13.7. The number of ether oxygens (including phenoxy) is 2. The number of fused-ring (bicyclic) bond motifs is 1. The molecule has 2 aliphatic heterocycles. The van der Waals surface area contributed by atoms with Crippen molar-refractivity contribution in [2.24, 2.45) is 5.16 Å². The van der Waals surface area contributed by atoms with Crippen LogP contribution < -0.4 is 4.74 Å². The summed E-state index contributed by atoms with van der Waals surface area (Å²) in [6, 6.07) is 11.6. The molecule has 5 rings (SSSR count). The number of carbonyl (C=O) groups excluding carboxylic acids is 1. The highest BCUT2D eigenvalue weighted by Gasteiger charge is 2.57. The standard InChI is InChI=1S/C27H27FN4O4/c1-4-35-26(33)27(21-8-10-22(28)11-9-21)32-13-5-6-20(25(32)30-36-27)14-19-7-12-23(24(15-19)34-3)31-16-18(2)29-17-31/h7-12,14-17H,4-6,13H2,1-3H3/b20-14+. The summed E-state index contributed by atoms with van der Waals surface area (Å²) in [4.78, 5) is 25.2. The van der Waals surface area contributed by atoms with Gasteiger partial charge >= 0.3 is 11.7 Å². The fourth-order valence-corrected chi connectivity index (χ4v) is 4.66. The van der Waals surface area contributed by atoms with Crippen LogP contribution in [0.4, 0.5) is 4.39 Å². The molecule has 0 bridgehead atoms. The number of aromatic nitrogens is 2. The van der Waals surface area contributed by atoms with Crippen LogP contribution in [0, 0.1) is 12.7 Å². The molecule has 9 heteroatoms. The number of carbonyl (C=O) groups is 1. The van der Waals surface area contributed by atoms with Gasteiger partial charge in [-0.3, -0.25) is 0 Å². The molecule has 36 heavy (non-hydrogen) atoms. The number of piperidine rings is 1. The summed E-state index contributed by atoms with van der Waals surface area (Å²) in [6.07, 6.45) is 7.24. The minimum absolute atomic E-state index is 0.180. The molecule has 0 spiro atoms. The van der Waals surface area contributed by atoms with E-state index < -0.39 is 17.5 Å². The van der Waals surface area contributed by atoms with Crippen LogP contribution in [0.5, 0.6) is 5.75 Å². The molecule has 0 radical (unpaired) electrons. The third-order valence-electron chi connectivity index (χ3n) is 6.34. The van der Waals surface area contributed by atoms with Crippen molar-refractivity contribution in [3.8, 4) is 11.4 Å². The first-order valence-electron chi connectivity index (χ1n) is 11.8. The van der Waals surface area contributed by atoms with E-state index in [1.54, 1.807) is 20.4 Å². The number of halogens is 1. The Bertz CT molecular complexity index is 1350. The minimum atomic E-state index is -1.60. The number of aryl methyl sites for hydroxylation is 1. The third-order valence-corrected chi connectivity index (χ3v) is 6.34. The Kier molecular flexibility index (Phi) is 6.22. The summed E-state index contributed by atoms with van der Waals surface area (Å²) in [7, 11) is 1.63. The van der Waals surface area contributed by atoms with E-state index in [1.165, 1.54) is 24.3 Å². The number of hydrogen-bond donors (Lipinski definition) is 0. The van der Waals surface area contributed by atoms with Crippen molar-refractivity contribution in [2.75, 3.05) is 20.3 Å². The second kappa shape index (κ2) is 9.49. The average molecular weight is 491 g/mol. The number of rotatable bonds is 6. The lowest BCUT2D eigenvalue weighted by atomic mass is 9.94. The van der Waals surface area contributed by atoms with Gasteiger partial charge in [-0.1, -0.05) is 11.2 Å². The number of imidazole rings is 1. The summed E-state index contributed by atoms with van der Waals surface area (Å²) >= 11 is 0. The molecule has 1 saturated heterocycles. The van der Waals surface area contributed by atoms with Crippen molar-refractivity contribution in [2.45, 2.75) is 32.4 Å². The lowest BCUT2D eigenvalue weighted by molar-refractivity contribution is -0.189. The largest absolute Gasteiger partial charge is 0.495 e. The summed E-state index contributed by atoms with van der Waals surface area (Å²) < 4.78 is 26.6. The van der Waals surface area contributed by atoms with Gasteiger partial charge in [0.25, 0.3) is 0 Å². The molecule has 186 valence electrons. The van der Waals surface area contributed by atoms with Gasteiger partial charge in [0.1, 0.15) is 11.6 Å². The van der Waals surface area contributed by atoms with Gasteiger partial charge in [0.05, 0.1) is 31.4 Å². The van der Waals surface area contributed by atoms with Crippen molar-refractivity contribution in [3.63, 3.8) is 0 Å². The van der Waals surface area contributed by atoms with E-state index in [9.17, 15) is 9.18 Å². The second-order valence-corrected chi connectivity index (χ2v) is 8.66. The molecular formula is C27H27FN4O4. The molecule has 0 saturated carbocycles. The van der Waals surface area contributed by atoms with Crippen LogP contribution in [0.2, 0.25) is 0 Å². The van der Waals surface area contributed by atoms with E-state index >= 15 is 0 Å². The SMILES string of the molecule is CCOC(=O)C1(c2ccc(F)cc2)ON=C2/C(=C/c3ccc(-n4cnc(C)c4)c(OC)c3)CCCN21. The highest BCUT2D eigenvalue weighted by atomic mass is 19.1. The van der Waals surface area contributed by atoms with Gasteiger partial charge in [-0.05, 0) is 80.3 Å². The van der Waals surface area contributed by atoms with E-state index in [0.717, 1.165) is 35.4 Å². The first-order chi connectivity index (χ1) is 17.5. The Morgan fingerprint density at radius 3 is 2.75 bits per heavy atom. The highest BCUT2D eigenvalue weighted by molar-refractivity contribution is 6.06. The Morgan fingerprint density at radius 2 is 2.06 bits per heavy atom. The van der Waals surface area contributed by atoms with Crippen molar-refractivity contribution < 1.29 is 23.5 Å². The topological polar surface area (TPSA) is 78.2 Å². The van der Waals surface area contributed by atoms with E-state index in [-0.39, 0.29) is 6.61 Å². The Balaban J connectivity index is 1.50. The summed E-state index contributed by atoms with van der Waals surface area (Å²) in [6.45, 7) is 4.38. The number of benzene rings is 2. The van der Waals surface area contributed by atoms with Gasteiger partial charge in [0, 0.05) is 18.3 Å². The fraction of sp³-hybridized carbons (Fsp3) is 0.296. The molecule has 3 aromatic rings. The van der Waals surface area contributed by atoms with Crippen LogP contribution >= 0.6 is 0 Å². The predicted octanol–water partition coefficient (Wildman–Crippen LogP) is 4.57. The molecule has 1 aromatic heterocycles. The monoisotopic (exact) mass is 490 g/mol. The van der Waals surface area contributed by atoms with Crippen LogP contribution in [0.15, 0.2) is 65.7 Å². The highest BCUT2D eigenvalue weighted by Crippen LogP contribution is 2.41. The molecule has 1 atom stereocenters. The van der Waals surface area contributed by atoms with Crippen molar-refractivity contribution in [1.82, 2.24) is 14.5 Å². The Hall–Kier alpha value is -4.14. The molecule has 0 aliphatic carbocycles. The molecule has 1 fully saturated rings. The number of oxime groups is 1. The molecule has 0 amide bonds. The van der Waals surface area contributed by atoms with Crippen LogP contribution in [-0.4, -0.2) is 46.5 Å². The number of nitrogens with zero attached hydrogens (tertiary/aromatic N) is 4. The molecule has 0 N–H and O–H groups in total. The normalized spacial score (nSPS) is 20.1. The maximum Gasteiger partial charge on any atom is 0.380 e.